The third-order valence-electron chi connectivity index (χ3n) is 0.659. The molecule has 0 aromatic heterocycles. The van der Waals surface area contributed by atoms with E-state index in [0.717, 1.165) is 12.8 Å². The first-order chi connectivity index (χ1) is 3.41. The van der Waals surface area contributed by atoms with Crippen molar-refractivity contribution in [1.82, 2.24) is 0 Å². The summed E-state index contributed by atoms with van der Waals surface area (Å²) in [6, 6.07) is 0. The number of hydrogen-bond acceptors (Lipinski definition) is 2. The van der Waals surface area contributed by atoms with E-state index in [4.69, 9.17) is 0 Å². The second-order valence-electron chi connectivity index (χ2n) is 1.29. The molecule has 0 aromatic rings. The molecule has 2 nitrogen and oxygen atoms in total. The van der Waals surface area contributed by atoms with E-state index in [2.05, 4.69) is 10.00 Å². The van der Waals surface area contributed by atoms with Gasteiger partial charge in [0.2, 0.25) is 0 Å². The molecule has 0 aromatic carbocycles. The molecule has 7 heavy (non-hydrogen) atoms. The Morgan fingerprint density at radius 1 is 1.71 bits per heavy atom. The SMILES string of the molecule is CCCC[O][Sn]=[O]. The molecule has 0 saturated carbocycles. The van der Waals surface area contributed by atoms with Crippen molar-refractivity contribution in [3.8, 4) is 0 Å². The fraction of sp³-hybridized carbons (Fsp3) is 1.00. The first-order valence-corrected chi connectivity index (χ1v) is 4.73. The summed E-state index contributed by atoms with van der Waals surface area (Å²) in [5, 5.41) is 0. The minimum absolute atomic E-state index is 0.701. The van der Waals surface area contributed by atoms with Crippen LogP contribution in [-0.4, -0.2) is 28.1 Å². The van der Waals surface area contributed by atoms with Crippen LogP contribution < -0.4 is 0 Å². The van der Waals surface area contributed by atoms with Gasteiger partial charge in [0.15, 0.2) is 0 Å². The molecular weight excluding hydrogens is 199 g/mol. The Labute approximate surface area is 54.4 Å². The topological polar surface area (TPSA) is 26.3 Å². The molecule has 0 unspecified atom stereocenters. The molecule has 0 aliphatic rings. The summed E-state index contributed by atoms with van der Waals surface area (Å²) >= 11 is -1.57. The summed E-state index contributed by atoms with van der Waals surface area (Å²) in [6.45, 7) is 2.78. The van der Waals surface area contributed by atoms with Crippen LogP contribution in [0.15, 0.2) is 0 Å². The average molecular weight is 208 g/mol. The van der Waals surface area contributed by atoms with Crippen LogP contribution in [0.25, 0.3) is 0 Å². The zero-order valence-electron chi connectivity index (χ0n) is 4.44. The number of unbranched alkanes of at least 4 members (excludes halogenated alkanes) is 1. The van der Waals surface area contributed by atoms with Gasteiger partial charge in [0.25, 0.3) is 0 Å². The van der Waals surface area contributed by atoms with Crippen LogP contribution in [0.1, 0.15) is 19.8 Å². The third kappa shape index (κ3) is 6.56. The van der Waals surface area contributed by atoms with E-state index >= 15 is 0 Å². The van der Waals surface area contributed by atoms with E-state index in [1.165, 1.54) is 0 Å². The third-order valence-corrected chi connectivity index (χ3v) is 1.58. The molecule has 0 atom stereocenters. The summed E-state index contributed by atoms with van der Waals surface area (Å²) in [5.41, 5.74) is 0. The van der Waals surface area contributed by atoms with Crippen molar-refractivity contribution in [3.63, 3.8) is 0 Å². The molecule has 0 heterocycles. The van der Waals surface area contributed by atoms with Crippen molar-refractivity contribution < 1.29 is 6.15 Å². The molecule has 0 amide bonds. The maximum absolute atomic E-state index is 9.75. The van der Waals surface area contributed by atoms with E-state index in [9.17, 15) is 3.08 Å². The maximum atomic E-state index is 9.75. The molecule has 0 N–H and O–H groups in total. The Morgan fingerprint density at radius 2 is 2.43 bits per heavy atom. The van der Waals surface area contributed by atoms with Crippen LogP contribution in [0.2, 0.25) is 0 Å². The molecule has 1 radical (unpaired) electrons. The average Bonchev–Trinajstić information content (AvgIpc) is 1.69. The number of hydrogen-bond donors (Lipinski definition) is 0. The summed E-state index contributed by atoms with van der Waals surface area (Å²) in [6.07, 6.45) is 2.17. The van der Waals surface area contributed by atoms with Gasteiger partial charge in [0, 0.05) is 0 Å². The minimum atomic E-state index is -1.57. The Balaban J connectivity index is 2.56. The van der Waals surface area contributed by atoms with Gasteiger partial charge in [-0.25, -0.2) is 0 Å². The van der Waals surface area contributed by atoms with E-state index in [-0.39, 0.29) is 0 Å². The predicted molar refractivity (Wildman–Crippen MR) is 27.3 cm³/mol. The first-order valence-electron chi connectivity index (χ1n) is 2.40. The van der Waals surface area contributed by atoms with Crippen LogP contribution >= 0.6 is 0 Å². The van der Waals surface area contributed by atoms with E-state index in [1.54, 1.807) is 0 Å². The standard InChI is InChI=1S/C4H9O.O.Sn/c1-2-3-4-5;;/h2-4H2,1H3;;/q-1;;+1. The monoisotopic (exact) mass is 209 g/mol. The van der Waals surface area contributed by atoms with Crippen LogP contribution in [0.3, 0.4) is 0 Å². The Bertz CT molecular complexity index is 47.0. The molecule has 0 saturated heterocycles. The second-order valence-corrected chi connectivity index (χ2v) is 2.58. The van der Waals surface area contributed by atoms with Crippen molar-refractivity contribution >= 4 is 21.5 Å². The van der Waals surface area contributed by atoms with Crippen LogP contribution in [-0.2, 0) is 6.15 Å². The fourth-order valence-electron chi connectivity index (χ4n) is 0.258. The summed E-state index contributed by atoms with van der Waals surface area (Å²) in [7, 11) is 0. The normalized spacial score (nSPS) is 8.71. The molecule has 0 aliphatic heterocycles. The Morgan fingerprint density at radius 3 is 2.86 bits per heavy atom. The quantitative estimate of drug-likeness (QED) is 0.503. The van der Waals surface area contributed by atoms with Gasteiger partial charge in [0.05, 0.1) is 0 Å². The Kier molecular flexibility index (Phi) is 7.08. The van der Waals surface area contributed by atoms with Gasteiger partial charge in [-0.05, 0) is 0 Å². The van der Waals surface area contributed by atoms with Crippen molar-refractivity contribution in [2.75, 3.05) is 6.61 Å². The molecule has 3 heteroatoms. The fourth-order valence-corrected chi connectivity index (χ4v) is 0.908. The molecule has 0 fully saturated rings. The van der Waals surface area contributed by atoms with Crippen molar-refractivity contribution in [2.24, 2.45) is 0 Å². The zero-order valence-corrected chi connectivity index (χ0v) is 7.29. The van der Waals surface area contributed by atoms with Gasteiger partial charge in [-0.3, -0.25) is 0 Å². The molecule has 0 spiro atoms. The molecule has 41 valence electrons. The van der Waals surface area contributed by atoms with Gasteiger partial charge in [0.1, 0.15) is 0 Å². The van der Waals surface area contributed by atoms with E-state index < -0.39 is 21.5 Å². The zero-order chi connectivity index (χ0) is 5.54. The first kappa shape index (κ1) is 7.56. The van der Waals surface area contributed by atoms with Crippen molar-refractivity contribution in [1.29, 1.82) is 0 Å². The molecule has 0 bridgehead atoms. The van der Waals surface area contributed by atoms with Gasteiger partial charge in [-0.2, -0.15) is 0 Å². The van der Waals surface area contributed by atoms with Gasteiger partial charge in [-0.1, -0.05) is 0 Å². The van der Waals surface area contributed by atoms with Crippen molar-refractivity contribution in [2.45, 2.75) is 19.8 Å². The van der Waals surface area contributed by atoms with E-state index in [1.807, 2.05) is 0 Å². The van der Waals surface area contributed by atoms with Gasteiger partial charge < -0.3 is 0 Å². The molecular formula is C4H9O2Sn. The molecule has 0 aliphatic carbocycles. The van der Waals surface area contributed by atoms with Crippen LogP contribution in [0.4, 0.5) is 0 Å². The van der Waals surface area contributed by atoms with Crippen LogP contribution in [0, 0.1) is 0 Å². The number of rotatable bonds is 4. The summed E-state index contributed by atoms with van der Waals surface area (Å²) < 4.78 is 14.4. The summed E-state index contributed by atoms with van der Waals surface area (Å²) in [5.74, 6) is 0. The predicted octanol–water partition coefficient (Wildman–Crippen LogP) is 0.768. The van der Waals surface area contributed by atoms with Gasteiger partial charge >= 0.3 is 54.1 Å². The Hall–Kier alpha value is 0.559. The van der Waals surface area contributed by atoms with Gasteiger partial charge in [-0.15, -0.1) is 0 Å². The van der Waals surface area contributed by atoms with Crippen LogP contribution in [0.5, 0.6) is 0 Å². The van der Waals surface area contributed by atoms with Crippen molar-refractivity contribution in [3.05, 3.63) is 0 Å². The summed E-state index contributed by atoms with van der Waals surface area (Å²) in [4.78, 5) is 0. The molecule has 0 rings (SSSR count). The second kappa shape index (κ2) is 6.56. The van der Waals surface area contributed by atoms with E-state index in [0.29, 0.717) is 6.61 Å².